The molecule has 1 N–H and O–H groups in total. The zero-order valence-electron chi connectivity index (χ0n) is 10.1. The number of rotatable bonds is 5. The lowest BCUT2D eigenvalue weighted by atomic mass is 10.2. The fourth-order valence-electron chi connectivity index (χ4n) is 1.87. The third-order valence-electron chi connectivity index (χ3n) is 2.98. The second-order valence-corrected chi connectivity index (χ2v) is 4.32. The number of carbonyl (C=O) groups is 2. The van der Waals surface area contributed by atoms with Gasteiger partial charge in [-0.05, 0) is 18.6 Å². The molecule has 0 bridgehead atoms. The van der Waals surface area contributed by atoms with Gasteiger partial charge in [0, 0.05) is 18.8 Å². The quantitative estimate of drug-likeness (QED) is 0.837. The summed E-state index contributed by atoms with van der Waals surface area (Å²) >= 11 is 0. The van der Waals surface area contributed by atoms with E-state index < -0.39 is 5.97 Å². The summed E-state index contributed by atoms with van der Waals surface area (Å²) in [6.07, 6.45) is 1.04. The minimum Gasteiger partial charge on any atom is -0.480 e. The van der Waals surface area contributed by atoms with Crippen molar-refractivity contribution in [3.05, 3.63) is 30.3 Å². The van der Waals surface area contributed by atoms with Gasteiger partial charge in [0.15, 0.2) is 0 Å². The molecule has 0 aromatic heterocycles. The Balaban J connectivity index is 2.05. The van der Waals surface area contributed by atoms with Gasteiger partial charge in [-0.25, -0.2) is 0 Å². The van der Waals surface area contributed by atoms with Crippen LogP contribution in [0.1, 0.15) is 6.42 Å². The van der Waals surface area contributed by atoms with E-state index in [4.69, 9.17) is 5.11 Å². The Morgan fingerprint density at radius 2 is 1.83 bits per heavy atom. The Morgan fingerprint density at radius 1 is 1.17 bits per heavy atom. The predicted molar refractivity (Wildman–Crippen MR) is 67.5 cm³/mol. The summed E-state index contributed by atoms with van der Waals surface area (Å²) in [5, 5.41) is 8.90. The van der Waals surface area contributed by atoms with E-state index in [9.17, 15) is 9.59 Å². The number of hydrogen-bond donors (Lipinski definition) is 1. The Labute approximate surface area is 106 Å². The third kappa shape index (κ3) is 3.00. The highest BCUT2D eigenvalue weighted by Crippen LogP contribution is 2.14. The van der Waals surface area contributed by atoms with Crippen LogP contribution in [0.2, 0.25) is 0 Å². The van der Waals surface area contributed by atoms with Crippen molar-refractivity contribution in [3.8, 4) is 0 Å². The first-order chi connectivity index (χ1) is 8.66. The largest absolute Gasteiger partial charge is 0.480 e. The van der Waals surface area contributed by atoms with Gasteiger partial charge in [-0.2, -0.15) is 0 Å². The molecule has 0 atom stereocenters. The standard InChI is InChI=1S/C13H16N2O3/c16-12(14-7-4-8-14)9-15(10-13(17)18)11-5-2-1-3-6-11/h1-3,5-6H,4,7-10H2,(H,17,18). The molecule has 0 saturated carbocycles. The summed E-state index contributed by atoms with van der Waals surface area (Å²) in [5.74, 6) is -0.943. The van der Waals surface area contributed by atoms with E-state index in [1.807, 2.05) is 30.3 Å². The lowest BCUT2D eigenvalue weighted by Crippen LogP contribution is -2.48. The van der Waals surface area contributed by atoms with Crippen molar-refractivity contribution in [1.29, 1.82) is 0 Å². The summed E-state index contributed by atoms with van der Waals surface area (Å²) in [7, 11) is 0. The number of amides is 1. The van der Waals surface area contributed by atoms with Crippen LogP contribution in [0.4, 0.5) is 5.69 Å². The summed E-state index contributed by atoms with van der Waals surface area (Å²) in [6, 6.07) is 9.15. The van der Waals surface area contributed by atoms with E-state index in [0.717, 1.165) is 25.2 Å². The summed E-state index contributed by atoms with van der Waals surface area (Å²) in [6.45, 7) is 1.53. The van der Waals surface area contributed by atoms with Crippen molar-refractivity contribution < 1.29 is 14.7 Å². The molecule has 1 aliphatic heterocycles. The van der Waals surface area contributed by atoms with Gasteiger partial charge in [-0.1, -0.05) is 18.2 Å². The van der Waals surface area contributed by atoms with E-state index in [1.54, 1.807) is 9.80 Å². The van der Waals surface area contributed by atoms with Crippen LogP contribution >= 0.6 is 0 Å². The number of benzene rings is 1. The van der Waals surface area contributed by atoms with Gasteiger partial charge in [0.25, 0.3) is 0 Å². The maximum absolute atomic E-state index is 11.9. The molecule has 96 valence electrons. The number of anilines is 1. The Morgan fingerprint density at radius 3 is 2.33 bits per heavy atom. The molecule has 1 aromatic carbocycles. The molecule has 0 spiro atoms. The van der Waals surface area contributed by atoms with Gasteiger partial charge in [-0.3, -0.25) is 9.59 Å². The third-order valence-corrected chi connectivity index (χ3v) is 2.98. The summed E-state index contributed by atoms with van der Waals surface area (Å²) < 4.78 is 0. The smallest absolute Gasteiger partial charge is 0.323 e. The molecular weight excluding hydrogens is 232 g/mol. The molecule has 2 rings (SSSR count). The molecule has 5 heteroatoms. The zero-order chi connectivity index (χ0) is 13.0. The van der Waals surface area contributed by atoms with Gasteiger partial charge in [-0.15, -0.1) is 0 Å². The lowest BCUT2D eigenvalue weighted by molar-refractivity contribution is -0.135. The fraction of sp³-hybridized carbons (Fsp3) is 0.385. The second-order valence-electron chi connectivity index (χ2n) is 4.32. The van der Waals surface area contributed by atoms with E-state index in [-0.39, 0.29) is 19.0 Å². The molecule has 1 fully saturated rings. The first-order valence-corrected chi connectivity index (χ1v) is 5.96. The monoisotopic (exact) mass is 248 g/mol. The number of aliphatic carboxylic acids is 1. The van der Waals surface area contributed by atoms with Crippen molar-refractivity contribution in [2.24, 2.45) is 0 Å². The molecule has 1 amide bonds. The maximum atomic E-state index is 11.9. The van der Waals surface area contributed by atoms with Crippen LogP contribution in [0.25, 0.3) is 0 Å². The second kappa shape index (κ2) is 5.53. The Bertz CT molecular complexity index is 429. The number of carboxylic acid groups (broad SMARTS) is 1. The van der Waals surface area contributed by atoms with Crippen LogP contribution in [0, 0.1) is 0 Å². The van der Waals surface area contributed by atoms with Crippen molar-refractivity contribution >= 4 is 17.6 Å². The highest BCUT2D eigenvalue weighted by atomic mass is 16.4. The molecule has 0 radical (unpaired) electrons. The number of para-hydroxylation sites is 1. The fourth-order valence-corrected chi connectivity index (χ4v) is 1.87. The SMILES string of the molecule is O=C(O)CN(CC(=O)N1CCC1)c1ccccc1. The molecule has 1 saturated heterocycles. The van der Waals surface area contributed by atoms with Crippen LogP contribution in [-0.4, -0.2) is 48.1 Å². The normalized spacial score (nSPS) is 13.9. The van der Waals surface area contributed by atoms with Crippen molar-refractivity contribution in [3.63, 3.8) is 0 Å². The van der Waals surface area contributed by atoms with Crippen LogP contribution in [0.3, 0.4) is 0 Å². The van der Waals surface area contributed by atoms with E-state index in [1.165, 1.54) is 0 Å². The summed E-state index contributed by atoms with van der Waals surface area (Å²) in [5.41, 5.74) is 0.758. The van der Waals surface area contributed by atoms with Gasteiger partial charge >= 0.3 is 5.97 Å². The molecule has 0 aliphatic carbocycles. The molecule has 1 aromatic rings. The maximum Gasteiger partial charge on any atom is 0.323 e. The van der Waals surface area contributed by atoms with Crippen molar-refractivity contribution in [2.75, 3.05) is 31.1 Å². The van der Waals surface area contributed by atoms with Crippen LogP contribution in [0.15, 0.2) is 30.3 Å². The van der Waals surface area contributed by atoms with E-state index in [2.05, 4.69) is 0 Å². The topological polar surface area (TPSA) is 60.9 Å². The van der Waals surface area contributed by atoms with Gasteiger partial charge in [0.1, 0.15) is 6.54 Å². The first kappa shape index (κ1) is 12.4. The van der Waals surface area contributed by atoms with E-state index >= 15 is 0 Å². The average molecular weight is 248 g/mol. The zero-order valence-corrected chi connectivity index (χ0v) is 10.1. The van der Waals surface area contributed by atoms with Crippen LogP contribution in [0.5, 0.6) is 0 Å². The number of hydrogen-bond acceptors (Lipinski definition) is 3. The van der Waals surface area contributed by atoms with Gasteiger partial charge in [0.2, 0.25) is 5.91 Å². The van der Waals surface area contributed by atoms with Crippen molar-refractivity contribution in [2.45, 2.75) is 6.42 Å². The molecule has 0 unspecified atom stereocenters. The minimum atomic E-state index is -0.935. The van der Waals surface area contributed by atoms with Crippen LogP contribution < -0.4 is 4.90 Å². The molecular formula is C13H16N2O3. The average Bonchev–Trinajstić information content (AvgIpc) is 2.26. The molecule has 1 aliphatic rings. The predicted octanol–water partition coefficient (Wildman–Crippen LogP) is 0.810. The molecule has 1 heterocycles. The highest BCUT2D eigenvalue weighted by molar-refractivity contribution is 5.84. The first-order valence-electron chi connectivity index (χ1n) is 5.96. The minimum absolute atomic E-state index is 0.00801. The van der Waals surface area contributed by atoms with Crippen LogP contribution in [-0.2, 0) is 9.59 Å². The Kier molecular flexibility index (Phi) is 3.82. The summed E-state index contributed by atoms with van der Waals surface area (Å²) in [4.78, 5) is 26.1. The van der Waals surface area contributed by atoms with Crippen molar-refractivity contribution in [1.82, 2.24) is 4.90 Å². The number of likely N-dealkylation sites (tertiary alicyclic amines) is 1. The number of carbonyl (C=O) groups excluding carboxylic acids is 1. The molecule has 5 nitrogen and oxygen atoms in total. The number of nitrogens with zero attached hydrogens (tertiary/aromatic N) is 2. The van der Waals surface area contributed by atoms with Gasteiger partial charge in [0.05, 0.1) is 6.54 Å². The highest BCUT2D eigenvalue weighted by Gasteiger charge is 2.23. The Hall–Kier alpha value is -2.04. The van der Waals surface area contributed by atoms with Gasteiger partial charge < -0.3 is 14.9 Å². The van der Waals surface area contributed by atoms with E-state index in [0.29, 0.717) is 0 Å². The molecule has 18 heavy (non-hydrogen) atoms. The lowest BCUT2D eigenvalue weighted by Gasteiger charge is -2.33. The number of carboxylic acids is 1.